The Bertz CT molecular complexity index is 1050. The van der Waals surface area contributed by atoms with Gasteiger partial charge in [-0.1, -0.05) is 56.2 Å². The number of likely N-dealkylation sites (tertiary alicyclic amines) is 1. The van der Waals surface area contributed by atoms with E-state index >= 15 is 0 Å². The minimum absolute atomic E-state index is 0.0578. The summed E-state index contributed by atoms with van der Waals surface area (Å²) in [5, 5.41) is 0. The molecule has 1 heterocycles. The molecule has 2 aliphatic carbocycles. The Labute approximate surface area is 207 Å². The fourth-order valence-electron chi connectivity index (χ4n) is 6.54. The van der Waals surface area contributed by atoms with Crippen molar-refractivity contribution in [1.82, 2.24) is 4.90 Å². The second-order valence-corrected chi connectivity index (χ2v) is 10.1. The summed E-state index contributed by atoms with van der Waals surface area (Å²) in [6.07, 6.45) is 7.44. The van der Waals surface area contributed by atoms with Crippen LogP contribution in [-0.4, -0.2) is 36.3 Å². The number of piperidine rings is 1. The van der Waals surface area contributed by atoms with Gasteiger partial charge in [-0.3, -0.25) is 4.79 Å². The summed E-state index contributed by atoms with van der Waals surface area (Å²) in [6, 6.07) is 16.3. The highest BCUT2D eigenvalue weighted by Gasteiger charge is 2.55. The molecule has 0 aromatic heterocycles. The topological polar surface area (TPSA) is 65.1 Å². The van der Waals surface area contributed by atoms with Gasteiger partial charge in [0.2, 0.25) is 6.79 Å². The van der Waals surface area contributed by atoms with E-state index in [4.69, 9.17) is 14.2 Å². The molecular formula is C29H35NO5. The molecule has 2 fully saturated rings. The smallest absolute Gasteiger partial charge is 0.410 e. The first kappa shape index (κ1) is 23.7. The molecule has 186 valence electrons. The number of nitrogens with zero attached hydrogens (tertiary/aromatic N) is 1. The van der Waals surface area contributed by atoms with Gasteiger partial charge in [-0.05, 0) is 66.8 Å². The van der Waals surface area contributed by atoms with Gasteiger partial charge in [0.05, 0.1) is 0 Å². The third-order valence-corrected chi connectivity index (χ3v) is 8.15. The highest BCUT2D eigenvalue weighted by atomic mass is 16.7. The van der Waals surface area contributed by atoms with E-state index in [0.717, 1.165) is 43.4 Å². The van der Waals surface area contributed by atoms with E-state index in [1.54, 1.807) is 0 Å². The van der Waals surface area contributed by atoms with Crippen LogP contribution in [0.25, 0.3) is 0 Å². The Balaban J connectivity index is 1.33. The lowest BCUT2D eigenvalue weighted by atomic mass is 9.52. The predicted octanol–water partition coefficient (Wildman–Crippen LogP) is 5.76. The molecule has 6 nitrogen and oxygen atoms in total. The highest BCUT2D eigenvalue weighted by Crippen LogP contribution is 2.56. The Morgan fingerprint density at radius 1 is 1.06 bits per heavy atom. The third-order valence-electron chi connectivity index (χ3n) is 8.15. The van der Waals surface area contributed by atoms with Gasteiger partial charge in [-0.15, -0.1) is 0 Å². The fraction of sp³-hybridized carbons (Fsp3) is 0.517. The van der Waals surface area contributed by atoms with Crippen LogP contribution in [0.15, 0.2) is 48.5 Å². The monoisotopic (exact) mass is 477 g/mol. The lowest BCUT2D eigenvalue weighted by Crippen LogP contribution is -2.62. The quantitative estimate of drug-likeness (QED) is 0.375. The van der Waals surface area contributed by atoms with Gasteiger partial charge in [0.25, 0.3) is 0 Å². The number of rotatable bonds is 7. The highest BCUT2D eigenvalue weighted by molar-refractivity contribution is 5.69. The van der Waals surface area contributed by atoms with Crippen molar-refractivity contribution in [3.8, 4) is 5.75 Å². The van der Waals surface area contributed by atoms with Crippen molar-refractivity contribution in [3.05, 3.63) is 65.2 Å². The van der Waals surface area contributed by atoms with Crippen LogP contribution in [0.1, 0.15) is 68.6 Å². The number of carbonyl (C=O) groups excluding carboxylic acids is 2. The SMILES string of the molecule is CCCC(=O)OCOc1ccc2c(c1)[C@@]13CCCC[C@H]1[C@@H](C2)N(C(=O)OCc1ccccc1)CC3. The Morgan fingerprint density at radius 2 is 1.91 bits per heavy atom. The van der Waals surface area contributed by atoms with E-state index in [1.807, 2.05) is 48.2 Å². The summed E-state index contributed by atoms with van der Waals surface area (Å²) < 4.78 is 16.8. The number of esters is 1. The van der Waals surface area contributed by atoms with Crippen molar-refractivity contribution in [3.63, 3.8) is 0 Å². The summed E-state index contributed by atoms with van der Waals surface area (Å²) in [4.78, 5) is 26.8. The van der Waals surface area contributed by atoms with Gasteiger partial charge >= 0.3 is 12.1 Å². The average molecular weight is 478 g/mol. The minimum Gasteiger partial charge on any atom is -0.457 e. The van der Waals surface area contributed by atoms with Crippen LogP contribution in [0.3, 0.4) is 0 Å². The number of carbonyl (C=O) groups is 2. The summed E-state index contributed by atoms with van der Waals surface area (Å²) >= 11 is 0. The van der Waals surface area contributed by atoms with Crippen LogP contribution < -0.4 is 4.74 Å². The van der Waals surface area contributed by atoms with E-state index in [0.29, 0.717) is 25.5 Å². The molecule has 0 N–H and O–H groups in total. The Hall–Kier alpha value is -3.02. The fourth-order valence-corrected chi connectivity index (χ4v) is 6.54. The van der Waals surface area contributed by atoms with Crippen molar-refractivity contribution in [2.24, 2.45) is 5.92 Å². The molecule has 3 aliphatic rings. The maximum atomic E-state index is 13.2. The van der Waals surface area contributed by atoms with E-state index in [2.05, 4.69) is 12.1 Å². The van der Waals surface area contributed by atoms with E-state index in [9.17, 15) is 9.59 Å². The number of hydrogen-bond acceptors (Lipinski definition) is 5. The lowest BCUT2D eigenvalue weighted by Gasteiger charge is -2.58. The number of hydrogen-bond donors (Lipinski definition) is 0. The maximum absolute atomic E-state index is 13.2. The number of ether oxygens (including phenoxy) is 3. The third kappa shape index (κ3) is 4.75. The molecule has 1 aliphatic heterocycles. The first-order valence-corrected chi connectivity index (χ1v) is 13.0. The average Bonchev–Trinajstić information content (AvgIpc) is 2.88. The second-order valence-electron chi connectivity index (χ2n) is 10.1. The van der Waals surface area contributed by atoms with E-state index < -0.39 is 0 Å². The molecule has 0 radical (unpaired) electrons. The first-order chi connectivity index (χ1) is 17.1. The van der Waals surface area contributed by atoms with Crippen molar-refractivity contribution in [1.29, 1.82) is 0 Å². The van der Waals surface area contributed by atoms with E-state index in [-0.39, 0.29) is 30.3 Å². The second kappa shape index (κ2) is 10.3. The van der Waals surface area contributed by atoms with Crippen LogP contribution in [-0.2, 0) is 32.7 Å². The molecule has 1 saturated carbocycles. The summed E-state index contributed by atoms with van der Waals surface area (Å²) in [6.45, 7) is 2.91. The number of benzene rings is 2. The zero-order valence-electron chi connectivity index (χ0n) is 20.5. The molecule has 2 aromatic carbocycles. The molecule has 2 aromatic rings. The summed E-state index contributed by atoms with van der Waals surface area (Å²) in [5.74, 6) is 0.945. The first-order valence-electron chi connectivity index (χ1n) is 13.0. The predicted molar refractivity (Wildman–Crippen MR) is 132 cm³/mol. The molecule has 35 heavy (non-hydrogen) atoms. The molecule has 5 rings (SSSR count). The van der Waals surface area contributed by atoms with Gasteiger partial charge in [0.15, 0.2) is 0 Å². The molecule has 6 heteroatoms. The van der Waals surface area contributed by atoms with Gasteiger partial charge in [0.1, 0.15) is 12.4 Å². The zero-order chi connectivity index (χ0) is 24.3. The minimum atomic E-state index is -0.231. The standard InChI is InChI=1S/C29H35NO5/c1-2-8-27(31)35-20-34-23-13-12-22-17-26-24-11-6-7-14-29(24,25(22)18-23)15-16-30(26)28(32)33-19-21-9-4-3-5-10-21/h3-5,9-10,12-13,18,24,26H,2,6-8,11,14-17,19-20H2,1H3/t24-,26+,29+/m0/s1. The maximum Gasteiger partial charge on any atom is 0.410 e. The largest absolute Gasteiger partial charge is 0.457 e. The van der Waals surface area contributed by atoms with Crippen molar-refractivity contribution >= 4 is 12.1 Å². The van der Waals surface area contributed by atoms with E-state index in [1.165, 1.54) is 24.0 Å². The van der Waals surface area contributed by atoms with Crippen LogP contribution >= 0.6 is 0 Å². The van der Waals surface area contributed by atoms with Gasteiger partial charge < -0.3 is 19.1 Å². The van der Waals surface area contributed by atoms with Gasteiger partial charge in [0, 0.05) is 24.4 Å². The van der Waals surface area contributed by atoms with Crippen molar-refractivity contribution in [2.75, 3.05) is 13.3 Å². The van der Waals surface area contributed by atoms with Crippen LogP contribution in [0, 0.1) is 5.92 Å². The van der Waals surface area contributed by atoms with Crippen molar-refractivity contribution in [2.45, 2.75) is 76.4 Å². The van der Waals surface area contributed by atoms with Crippen molar-refractivity contribution < 1.29 is 23.8 Å². The summed E-state index contributed by atoms with van der Waals surface area (Å²) in [5.41, 5.74) is 3.74. The molecule has 2 bridgehead atoms. The van der Waals surface area contributed by atoms with Gasteiger partial charge in [-0.25, -0.2) is 4.79 Å². The molecule has 0 unspecified atom stereocenters. The molecule has 1 saturated heterocycles. The van der Waals surface area contributed by atoms with Crippen LogP contribution in [0.5, 0.6) is 5.75 Å². The zero-order valence-corrected chi connectivity index (χ0v) is 20.5. The van der Waals surface area contributed by atoms with Crippen LogP contribution in [0.2, 0.25) is 0 Å². The molecular weight excluding hydrogens is 442 g/mol. The number of fused-ring (bicyclic) bond motifs is 1. The normalized spacial score (nSPS) is 24.7. The van der Waals surface area contributed by atoms with Crippen LogP contribution in [0.4, 0.5) is 4.79 Å². The van der Waals surface area contributed by atoms with Gasteiger partial charge in [-0.2, -0.15) is 0 Å². The Morgan fingerprint density at radius 3 is 2.74 bits per heavy atom. The lowest BCUT2D eigenvalue weighted by molar-refractivity contribution is -0.150. The number of amides is 1. The molecule has 1 amide bonds. The Kier molecular flexibility index (Phi) is 6.98. The summed E-state index contributed by atoms with van der Waals surface area (Å²) in [7, 11) is 0. The molecule has 0 spiro atoms. The molecule has 3 atom stereocenters.